The molecule has 0 saturated heterocycles. The number of thiazole rings is 1. The van der Waals surface area contributed by atoms with E-state index in [1.807, 2.05) is 11.8 Å². The molecule has 1 aromatic heterocycles. The minimum Gasteiger partial charge on any atom is -0.480 e. The molecule has 0 saturated carbocycles. The molecule has 0 unspecified atom stereocenters. The van der Waals surface area contributed by atoms with Gasteiger partial charge >= 0.3 is 5.97 Å². The summed E-state index contributed by atoms with van der Waals surface area (Å²) in [6.45, 7) is 6.76. The number of hydrogen-bond acceptors (Lipinski definition) is 4. The highest BCUT2D eigenvalue weighted by molar-refractivity contribution is 7.11. The van der Waals surface area contributed by atoms with Crippen molar-refractivity contribution in [1.29, 1.82) is 0 Å². The molecule has 1 rings (SSSR count). The van der Waals surface area contributed by atoms with E-state index in [0.29, 0.717) is 13.1 Å². The highest BCUT2D eigenvalue weighted by atomic mass is 32.1. The van der Waals surface area contributed by atoms with Gasteiger partial charge < -0.3 is 5.11 Å². The van der Waals surface area contributed by atoms with E-state index >= 15 is 0 Å². The molecule has 1 N–H and O–H groups in total. The SMILES string of the molecule is C=CCN(CC(=O)O)Cc1cnc(C)s1. The summed E-state index contributed by atoms with van der Waals surface area (Å²) < 4.78 is 0. The Labute approximate surface area is 92.9 Å². The van der Waals surface area contributed by atoms with Gasteiger partial charge in [0.25, 0.3) is 0 Å². The lowest BCUT2D eigenvalue weighted by molar-refractivity contribution is -0.138. The average Bonchev–Trinajstić information content (AvgIpc) is 2.50. The minimum atomic E-state index is -0.821. The van der Waals surface area contributed by atoms with Gasteiger partial charge in [0.1, 0.15) is 0 Å². The fourth-order valence-electron chi connectivity index (χ4n) is 1.26. The number of rotatable bonds is 6. The number of aryl methyl sites for hydroxylation is 1. The first kappa shape index (κ1) is 11.9. The Bertz CT molecular complexity index is 349. The Morgan fingerprint density at radius 2 is 2.53 bits per heavy atom. The second-order valence-corrected chi connectivity index (χ2v) is 4.52. The zero-order valence-corrected chi connectivity index (χ0v) is 9.46. The van der Waals surface area contributed by atoms with Crippen LogP contribution in [-0.2, 0) is 11.3 Å². The fraction of sp³-hybridized carbons (Fsp3) is 0.400. The summed E-state index contributed by atoms with van der Waals surface area (Å²) in [5, 5.41) is 9.70. The number of nitrogens with zero attached hydrogens (tertiary/aromatic N) is 2. The summed E-state index contributed by atoms with van der Waals surface area (Å²) in [6.07, 6.45) is 3.49. The lowest BCUT2D eigenvalue weighted by atomic mass is 10.4. The summed E-state index contributed by atoms with van der Waals surface area (Å²) in [6, 6.07) is 0. The van der Waals surface area contributed by atoms with E-state index in [-0.39, 0.29) is 6.54 Å². The maximum Gasteiger partial charge on any atom is 0.317 e. The van der Waals surface area contributed by atoms with Crippen LogP contribution in [0, 0.1) is 6.92 Å². The molecular weight excluding hydrogens is 212 g/mol. The van der Waals surface area contributed by atoms with Crippen molar-refractivity contribution in [1.82, 2.24) is 9.88 Å². The molecule has 0 atom stereocenters. The van der Waals surface area contributed by atoms with Crippen LogP contribution in [0.3, 0.4) is 0 Å². The molecule has 0 spiro atoms. The smallest absolute Gasteiger partial charge is 0.317 e. The van der Waals surface area contributed by atoms with Crippen molar-refractivity contribution in [3.05, 3.63) is 28.7 Å². The average molecular weight is 226 g/mol. The van der Waals surface area contributed by atoms with Crippen molar-refractivity contribution in [3.8, 4) is 0 Å². The van der Waals surface area contributed by atoms with E-state index in [1.165, 1.54) is 0 Å². The Balaban J connectivity index is 2.57. The first-order valence-electron chi connectivity index (χ1n) is 4.58. The molecule has 0 aliphatic heterocycles. The Morgan fingerprint density at radius 1 is 1.80 bits per heavy atom. The van der Waals surface area contributed by atoms with Gasteiger partial charge in [-0.1, -0.05) is 6.08 Å². The van der Waals surface area contributed by atoms with Crippen LogP contribution >= 0.6 is 11.3 Å². The van der Waals surface area contributed by atoms with Crippen LogP contribution < -0.4 is 0 Å². The van der Waals surface area contributed by atoms with Crippen molar-refractivity contribution in [3.63, 3.8) is 0 Å². The van der Waals surface area contributed by atoms with Gasteiger partial charge in [0.05, 0.1) is 11.6 Å². The third-order valence-electron chi connectivity index (χ3n) is 1.79. The van der Waals surface area contributed by atoms with Crippen molar-refractivity contribution in [2.24, 2.45) is 0 Å². The monoisotopic (exact) mass is 226 g/mol. The second-order valence-electron chi connectivity index (χ2n) is 3.20. The molecule has 0 radical (unpaired) electrons. The molecule has 0 bridgehead atoms. The molecule has 15 heavy (non-hydrogen) atoms. The minimum absolute atomic E-state index is 0.0307. The van der Waals surface area contributed by atoms with Crippen LogP contribution in [-0.4, -0.2) is 34.0 Å². The first-order chi connectivity index (χ1) is 7.11. The normalized spacial score (nSPS) is 10.5. The maximum atomic E-state index is 10.6. The summed E-state index contributed by atoms with van der Waals surface area (Å²) in [5.74, 6) is -0.821. The van der Waals surface area contributed by atoms with Gasteiger partial charge in [-0.15, -0.1) is 17.9 Å². The lowest BCUT2D eigenvalue weighted by Gasteiger charge is -2.16. The quantitative estimate of drug-likeness (QED) is 0.747. The van der Waals surface area contributed by atoms with Gasteiger partial charge in [-0.25, -0.2) is 4.98 Å². The Hall–Kier alpha value is -1.20. The molecule has 1 heterocycles. The number of aliphatic carboxylic acids is 1. The second kappa shape index (κ2) is 5.63. The Kier molecular flexibility index (Phi) is 4.45. The van der Waals surface area contributed by atoms with Crippen LogP contribution in [0.25, 0.3) is 0 Å². The molecular formula is C10H14N2O2S. The summed E-state index contributed by atoms with van der Waals surface area (Å²) >= 11 is 1.59. The van der Waals surface area contributed by atoms with E-state index in [0.717, 1.165) is 9.88 Å². The predicted octanol–water partition coefficient (Wildman–Crippen LogP) is 1.52. The van der Waals surface area contributed by atoms with Gasteiger partial charge in [-0.3, -0.25) is 9.69 Å². The van der Waals surface area contributed by atoms with Crippen LogP contribution in [0.5, 0.6) is 0 Å². The fourth-order valence-corrected chi connectivity index (χ4v) is 2.10. The summed E-state index contributed by atoms with van der Waals surface area (Å²) in [4.78, 5) is 17.6. The van der Waals surface area contributed by atoms with E-state index in [4.69, 9.17) is 5.11 Å². The van der Waals surface area contributed by atoms with Gasteiger partial charge in [-0.2, -0.15) is 0 Å². The summed E-state index contributed by atoms with van der Waals surface area (Å²) in [7, 11) is 0. The number of carboxylic acids is 1. The van der Waals surface area contributed by atoms with E-state index in [1.54, 1.807) is 23.6 Å². The molecule has 0 aliphatic rings. The largest absolute Gasteiger partial charge is 0.480 e. The standard InChI is InChI=1S/C10H14N2O2S/c1-3-4-12(7-10(13)14)6-9-5-11-8(2)15-9/h3,5H,1,4,6-7H2,2H3,(H,13,14). The molecule has 5 heteroatoms. The molecule has 82 valence electrons. The number of hydrogen-bond donors (Lipinski definition) is 1. The van der Waals surface area contributed by atoms with Crippen LogP contribution in [0.15, 0.2) is 18.9 Å². The zero-order valence-electron chi connectivity index (χ0n) is 8.64. The first-order valence-corrected chi connectivity index (χ1v) is 5.40. The van der Waals surface area contributed by atoms with Crippen molar-refractivity contribution in [2.45, 2.75) is 13.5 Å². The topological polar surface area (TPSA) is 53.4 Å². The lowest BCUT2D eigenvalue weighted by Crippen LogP contribution is -2.29. The van der Waals surface area contributed by atoms with Gasteiger partial charge in [0.2, 0.25) is 0 Å². The highest BCUT2D eigenvalue weighted by Crippen LogP contribution is 2.13. The zero-order chi connectivity index (χ0) is 11.3. The molecule has 0 aliphatic carbocycles. The predicted molar refractivity (Wildman–Crippen MR) is 60.0 cm³/mol. The van der Waals surface area contributed by atoms with Gasteiger partial charge in [0.15, 0.2) is 0 Å². The van der Waals surface area contributed by atoms with Gasteiger partial charge in [-0.05, 0) is 6.92 Å². The number of carboxylic acid groups (broad SMARTS) is 1. The van der Waals surface area contributed by atoms with E-state index < -0.39 is 5.97 Å². The third-order valence-corrected chi connectivity index (χ3v) is 2.69. The Morgan fingerprint density at radius 3 is 3.00 bits per heavy atom. The van der Waals surface area contributed by atoms with Crippen molar-refractivity contribution >= 4 is 17.3 Å². The van der Waals surface area contributed by atoms with Crippen LogP contribution in [0.2, 0.25) is 0 Å². The van der Waals surface area contributed by atoms with E-state index in [2.05, 4.69) is 11.6 Å². The van der Waals surface area contributed by atoms with Crippen LogP contribution in [0.4, 0.5) is 0 Å². The highest BCUT2D eigenvalue weighted by Gasteiger charge is 2.10. The molecule has 1 aromatic rings. The van der Waals surface area contributed by atoms with Crippen molar-refractivity contribution < 1.29 is 9.90 Å². The van der Waals surface area contributed by atoms with E-state index in [9.17, 15) is 4.79 Å². The number of aromatic nitrogens is 1. The maximum absolute atomic E-state index is 10.6. The number of carbonyl (C=O) groups is 1. The van der Waals surface area contributed by atoms with Crippen LogP contribution in [0.1, 0.15) is 9.88 Å². The molecule has 4 nitrogen and oxygen atoms in total. The van der Waals surface area contributed by atoms with Gasteiger partial charge in [0, 0.05) is 24.2 Å². The third kappa shape index (κ3) is 4.22. The van der Waals surface area contributed by atoms with Crippen molar-refractivity contribution in [2.75, 3.05) is 13.1 Å². The molecule has 0 amide bonds. The molecule has 0 fully saturated rings. The molecule has 0 aromatic carbocycles. The summed E-state index contributed by atoms with van der Waals surface area (Å²) in [5.41, 5.74) is 0.